The summed E-state index contributed by atoms with van der Waals surface area (Å²) < 4.78 is 68.0. The fraction of sp³-hybridized carbons (Fsp3) is 0.278. The topological polar surface area (TPSA) is 70.9 Å². The summed E-state index contributed by atoms with van der Waals surface area (Å²) >= 11 is 0. The van der Waals surface area contributed by atoms with Crippen LogP contribution in [0.5, 0.6) is 0 Å². The van der Waals surface area contributed by atoms with Gasteiger partial charge in [-0.3, -0.25) is 0 Å². The SMILES string of the molecule is Fc1cc(F)cc(-n2cnc(Nc3cc(C(F)(F)F)cc(N4CCNCC4)n3)n2)c1. The van der Waals surface area contributed by atoms with Crippen molar-refractivity contribution in [3.05, 3.63) is 53.9 Å². The van der Waals surface area contributed by atoms with E-state index in [0.717, 1.165) is 28.9 Å². The Bertz CT molecular complexity index is 1020. The Morgan fingerprint density at radius 2 is 1.67 bits per heavy atom. The lowest BCUT2D eigenvalue weighted by Gasteiger charge is -2.29. The lowest BCUT2D eigenvalue weighted by atomic mass is 10.2. The molecule has 12 heteroatoms. The minimum absolute atomic E-state index is 0.0715. The van der Waals surface area contributed by atoms with Crippen LogP contribution < -0.4 is 15.5 Å². The molecule has 1 fully saturated rings. The highest BCUT2D eigenvalue weighted by Gasteiger charge is 2.32. The van der Waals surface area contributed by atoms with E-state index in [0.29, 0.717) is 32.2 Å². The summed E-state index contributed by atoms with van der Waals surface area (Å²) in [5.41, 5.74) is -0.785. The zero-order chi connectivity index (χ0) is 21.3. The van der Waals surface area contributed by atoms with E-state index in [9.17, 15) is 22.0 Å². The molecule has 0 unspecified atom stereocenters. The average molecular weight is 425 g/mol. The van der Waals surface area contributed by atoms with Gasteiger partial charge in [0.25, 0.3) is 0 Å². The second kappa shape index (κ2) is 7.86. The number of hydrogen-bond donors (Lipinski definition) is 2. The number of alkyl halides is 3. The molecule has 3 aromatic rings. The molecule has 0 bridgehead atoms. The van der Waals surface area contributed by atoms with Crippen molar-refractivity contribution in [1.29, 1.82) is 0 Å². The number of nitrogens with zero attached hydrogens (tertiary/aromatic N) is 5. The smallest absolute Gasteiger partial charge is 0.354 e. The quantitative estimate of drug-likeness (QED) is 0.626. The van der Waals surface area contributed by atoms with Crippen molar-refractivity contribution in [1.82, 2.24) is 25.1 Å². The van der Waals surface area contributed by atoms with E-state index in [-0.39, 0.29) is 23.3 Å². The number of nitrogens with one attached hydrogen (secondary N) is 2. The molecule has 0 spiro atoms. The van der Waals surface area contributed by atoms with Gasteiger partial charge in [-0.25, -0.2) is 18.4 Å². The van der Waals surface area contributed by atoms with Crippen molar-refractivity contribution in [3.8, 4) is 5.69 Å². The molecule has 1 saturated heterocycles. The molecule has 0 saturated carbocycles. The Labute approximate surface area is 167 Å². The fourth-order valence-corrected chi connectivity index (χ4v) is 3.03. The second-order valence-electron chi connectivity index (χ2n) is 6.60. The molecule has 2 N–H and O–H groups in total. The molecule has 0 radical (unpaired) electrons. The first-order chi connectivity index (χ1) is 14.3. The molecule has 0 amide bonds. The Hall–Kier alpha value is -3.28. The van der Waals surface area contributed by atoms with Crippen LogP contribution in [0.2, 0.25) is 0 Å². The predicted octanol–water partition coefficient (Wildman–Crippen LogP) is 3.11. The van der Waals surface area contributed by atoms with E-state index in [2.05, 4.69) is 25.7 Å². The normalized spacial score (nSPS) is 14.8. The summed E-state index contributed by atoms with van der Waals surface area (Å²) in [4.78, 5) is 9.93. The lowest BCUT2D eigenvalue weighted by molar-refractivity contribution is -0.137. The predicted molar refractivity (Wildman–Crippen MR) is 98.9 cm³/mol. The van der Waals surface area contributed by atoms with Crippen molar-refractivity contribution in [2.45, 2.75) is 6.18 Å². The first-order valence-corrected chi connectivity index (χ1v) is 8.98. The van der Waals surface area contributed by atoms with Gasteiger partial charge in [-0.1, -0.05) is 0 Å². The van der Waals surface area contributed by atoms with Crippen LogP contribution in [0.4, 0.5) is 39.5 Å². The van der Waals surface area contributed by atoms with Gasteiger partial charge < -0.3 is 15.5 Å². The van der Waals surface area contributed by atoms with Crippen molar-refractivity contribution < 1.29 is 22.0 Å². The Morgan fingerprint density at radius 3 is 2.33 bits per heavy atom. The largest absolute Gasteiger partial charge is 0.416 e. The zero-order valence-corrected chi connectivity index (χ0v) is 15.4. The van der Waals surface area contributed by atoms with Gasteiger partial charge in [-0.2, -0.15) is 18.2 Å². The van der Waals surface area contributed by atoms with E-state index >= 15 is 0 Å². The minimum atomic E-state index is -4.56. The van der Waals surface area contributed by atoms with Gasteiger partial charge >= 0.3 is 6.18 Å². The number of pyridine rings is 1. The van der Waals surface area contributed by atoms with Crippen LogP contribution in [0.1, 0.15) is 5.56 Å². The third-order valence-electron chi connectivity index (χ3n) is 4.42. The van der Waals surface area contributed by atoms with Crippen LogP contribution in [0.25, 0.3) is 5.69 Å². The lowest BCUT2D eigenvalue weighted by Crippen LogP contribution is -2.44. The number of aromatic nitrogens is 4. The number of hydrogen-bond acceptors (Lipinski definition) is 6. The molecule has 1 aliphatic rings. The van der Waals surface area contributed by atoms with E-state index < -0.39 is 23.4 Å². The molecule has 158 valence electrons. The molecular weight excluding hydrogens is 409 g/mol. The molecule has 30 heavy (non-hydrogen) atoms. The second-order valence-corrected chi connectivity index (χ2v) is 6.60. The van der Waals surface area contributed by atoms with Crippen LogP contribution in [0, 0.1) is 11.6 Å². The third kappa shape index (κ3) is 4.48. The molecule has 1 aromatic carbocycles. The summed E-state index contributed by atoms with van der Waals surface area (Å²) in [6, 6.07) is 4.66. The molecular formula is C18H16F5N7. The summed E-state index contributed by atoms with van der Waals surface area (Å²) in [6.45, 7) is 2.31. The fourth-order valence-electron chi connectivity index (χ4n) is 3.03. The highest BCUT2D eigenvalue weighted by molar-refractivity contribution is 5.56. The standard InChI is InChI=1S/C18H16F5N7/c19-12-7-13(20)9-14(8-12)30-10-25-17(28-30)27-15-5-11(18(21,22)23)6-16(26-15)29-3-1-24-2-4-29/h5-10,24H,1-4H2,(H,26,27,28). The van der Waals surface area contributed by atoms with Gasteiger partial charge in [0.05, 0.1) is 11.3 Å². The van der Waals surface area contributed by atoms with E-state index in [1.54, 1.807) is 4.90 Å². The van der Waals surface area contributed by atoms with Crippen LogP contribution in [-0.2, 0) is 6.18 Å². The Kier molecular flexibility index (Phi) is 5.24. The van der Waals surface area contributed by atoms with Crippen LogP contribution in [-0.4, -0.2) is 45.9 Å². The van der Waals surface area contributed by atoms with Gasteiger partial charge in [0.1, 0.15) is 29.6 Å². The molecule has 0 aliphatic carbocycles. The summed E-state index contributed by atoms with van der Waals surface area (Å²) in [5, 5.41) is 9.77. The van der Waals surface area contributed by atoms with Crippen molar-refractivity contribution in [2.75, 3.05) is 36.4 Å². The van der Waals surface area contributed by atoms with Crippen molar-refractivity contribution in [2.24, 2.45) is 0 Å². The number of anilines is 3. The summed E-state index contributed by atoms with van der Waals surface area (Å²) in [7, 11) is 0. The number of rotatable bonds is 4. The molecule has 1 aliphatic heterocycles. The minimum Gasteiger partial charge on any atom is -0.354 e. The van der Waals surface area contributed by atoms with Gasteiger partial charge in [-0.15, -0.1) is 5.10 Å². The van der Waals surface area contributed by atoms with Gasteiger partial charge in [-0.05, 0) is 24.3 Å². The first-order valence-electron chi connectivity index (χ1n) is 8.98. The number of halogens is 5. The van der Waals surface area contributed by atoms with Gasteiger partial charge in [0, 0.05) is 32.2 Å². The maximum atomic E-state index is 13.4. The molecule has 2 aromatic heterocycles. The maximum absolute atomic E-state index is 13.4. The van der Waals surface area contributed by atoms with E-state index in [4.69, 9.17) is 0 Å². The number of benzene rings is 1. The van der Waals surface area contributed by atoms with E-state index in [1.807, 2.05) is 0 Å². The van der Waals surface area contributed by atoms with Gasteiger partial charge in [0.2, 0.25) is 5.95 Å². The van der Waals surface area contributed by atoms with Gasteiger partial charge in [0.15, 0.2) is 0 Å². The Morgan fingerprint density at radius 1 is 0.967 bits per heavy atom. The Balaban J connectivity index is 1.63. The number of piperazine rings is 1. The average Bonchev–Trinajstić information content (AvgIpc) is 3.15. The highest BCUT2D eigenvalue weighted by Crippen LogP contribution is 2.33. The summed E-state index contributed by atoms with van der Waals surface area (Å²) in [6.07, 6.45) is -3.38. The molecule has 0 atom stereocenters. The van der Waals surface area contributed by atoms with Crippen LogP contribution in [0.15, 0.2) is 36.7 Å². The highest BCUT2D eigenvalue weighted by atomic mass is 19.4. The molecule has 3 heterocycles. The molecule has 7 nitrogen and oxygen atoms in total. The maximum Gasteiger partial charge on any atom is 0.416 e. The van der Waals surface area contributed by atoms with Crippen LogP contribution in [0.3, 0.4) is 0 Å². The first kappa shape index (κ1) is 20.0. The van der Waals surface area contributed by atoms with Crippen molar-refractivity contribution in [3.63, 3.8) is 0 Å². The van der Waals surface area contributed by atoms with E-state index in [1.165, 1.54) is 6.33 Å². The monoisotopic (exact) mass is 425 g/mol. The molecule has 4 rings (SSSR count). The van der Waals surface area contributed by atoms with Crippen molar-refractivity contribution >= 4 is 17.6 Å². The zero-order valence-electron chi connectivity index (χ0n) is 15.4. The van der Waals surface area contributed by atoms with Crippen LogP contribution >= 0.6 is 0 Å². The third-order valence-corrected chi connectivity index (χ3v) is 4.42. The summed E-state index contributed by atoms with van der Waals surface area (Å²) in [5.74, 6) is -1.58.